The van der Waals surface area contributed by atoms with Gasteiger partial charge in [-0.1, -0.05) is 30.3 Å². The molecular weight excluding hydrogens is 442 g/mol. The van der Waals surface area contributed by atoms with Gasteiger partial charge in [0.05, 0.1) is 38.9 Å². The van der Waals surface area contributed by atoms with Crippen molar-refractivity contribution in [3.8, 4) is 11.5 Å². The highest BCUT2D eigenvalue weighted by Gasteiger charge is 2.18. The Labute approximate surface area is 193 Å². The standard InChI is InChI=1S/C24H25N3O5S/c1-31-22-14-11-20(23(15-22)32-2)16-25-26-24(28)19-9-12-21(13-10-19)27(33(3,29)30)17-18-7-5-4-6-8-18/h4-16H,17H2,1-3H3,(H,26,28)/b25-16-. The van der Waals surface area contributed by atoms with Crippen molar-refractivity contribution in [2.24, 2.45) is 5.10 Å². The van der Waals surface area contributed by atoms with Crippen LogP contribution in [0.25, 0.3) is 0 Å². The number of carbonyl (C=O) groups excluding carboxylic acids is 1. The van der Waals surface area contributed by atoms with Gasteiger partial charge in [0, 0.05) is 17.2 Å². The Hall–Kier alpha value is -3.85. The van der Waals surface area contributed by atoms with E-state index < -0.39 is 15.9 Å². The maximum Gasteiger partial charge on any atom is 0.271 e. The average Bonchev–Trinajstić information content (AvgIpc) is 2.82. The van der Waals surface area contributed by atoms with Crippen molar-refractivity contribution in [3.05, 3.63) is 89.5 Å². The van der Waals surface area contributed by atoms with Crippen molar-refractivity contribution in [2.45, 2.75) is 6.54 Å². The van der Waals surface area contributed by atoms with Crippen LogP contribution in [-0.2, 0) is 16.6 Å². The van der Waals surface area contributed by atoms with Crippen LogP contribution in [0.3, 0.4) is 0 Å². The number of hydrazone groups is 1. The van der Waals surface area contributed by atoms with E-state index in [1.165, 1.54) is 17.6 Å². The van der Waals surface area contributed by atoms with E-state index in [0.29, 0.717) is 28.3 Å². The third-order valence-corrected chi connectivity index (χ3v) is 5.94. The summed E-state index contributed by atoms with van der Waals surface area (Å²) < 4.78 is 36.4. The van der Waals surface area contributed by atoms with E-state index in [2.05, 4.69) is 10.5 Å². The lowest BCUT2D eigenvalue weighted by Crippen LogP contribution is -2.29. The summed E-state index contributed by atoms with van der Waals surface area (Å²) in [5.74, 6) is 0.763. The molecule has 172 valence electrons. The summed E-state index contributed by atoms with van der Waals surface area (Å²) >= 11 is 0. The summed E-state index contributed by atoms with van der Waals surface area (Å²) in [6, 6.07) is 20.8. The number of amides is 1. The Balaban J connectivity index is 1.71. The van der Waals surface area contributed by atoms with Crippen LogP contribution in [0.15, 0.2) is 77.9 Å². The molecule has 0 radical (unpaired) electrons. The zero-order valence-electron chi connectivity index (χ0n) is 18.6. The zero-order chi connectivity index (χ0) is 23.8. The minimum atomic E-state index is -3.52. The molecule has 0 aliphatic heterocycles. The lowest BCUT2D eigenvalue weighted by atomic mass is 10.2. The molecule has 3 rings (SSSR count). The van der Waals surface area contributed by atoms with E-state index in [1.54, 1.807) is 49.6 Å². The second-order valence-corrected chi connectivity index (χ2v) is 9.02. The number of hydrogen-bond donors (Lipinski definition) is 1. The number of rotatable bonds is 9. The van der Waals surface area contributed by atoms with Crippen LogP contribution in [0.2, 0.25) is 0 Å². The van der Waals surface area contributed by atoms with Gasteiger partial charge in [-0.25, -0.2) is 13.8 Å². The molecule has 1 amide bonds. The quantitative estimate of drug-likeness (QED) is 0.384. The van der Waals surface area contributed by atoms with Gasteiger partial charge < -0.3 is 9.47 Å². The number of nitrogens with zero attached hydrogens (tertiary/aromatic N) is 2. The normalized spacial score (nSPS) is 11.2. The Morgan fingerprint density at radius 1 is 1.00 bits per heavy atom. The largest absolute Gasteiger partial charge is 0.497 e. The van der Waals surface area contributed by atoms with Crippen LogP contribution in [-0.4, -0.2) is 41.0 Å². The van der Waals surface area contributed by atoms with Gasteiger partial charge >= 0.3 is 0 Å². The molecule has 0 heterocycles. The first-order valence-electron chi connectivity index (χ1n) is 9.99. The van der Waals surface area contributed by atoms with Crippen LogP contribution >= 0.6 is 0 Å². The molecule has 0 saturated carbocycles. The number of anilines is 1. The monoisotopic (exact) mass is 467 g/mol. The third kappa shape index (κ3) is 6.33. The van der Waals surface area contributed by atoms with Crippen molar-refractivity contribution in [3.63, 3.8) is 0 Å². The molecule has 3 aromatic rings. The fraction of sp³-hybridized carbons (Fsp3) is 0.167. The SMILES string of the molecule is COc1ccc(/C=N\NC(=O)c2ccc(N(Cc3ccccc3)S(C)(=O)=O)cc2)c(OC)c1. The molecule has 9 heteroatoms. The molecule has 0 aliphatic rings. The summed E-state index contributed by atoms with van der Waals surface area (Å²) in [7, 11) is -0.425. The number of nitrogens with one attached hydrogen (secondary N) is 1. The van der Waals surface area contributed by atoms with Gasteiger partial charge in [0.1, 0.15) is 11.5 Å². The first-order valence-corrected chi connectivity index (χ1v) is 11.8. The first kappa shape index (κ1) is 23.8. The topological polar surface area (TPSA) is 97.3 Å². The van der Waals surface area contributed by atoms with E-state index in [1.807, 2.05) is 30.3 Å². The second-order valence-electron chi connectivity index (χ2n) is 7.11. The summed E-state index contributed by atoms with van der Waals surface area (Å²) in [4.78, 5) is 12.5. The minimum absolute atomic E-state index is 0.194. The Kier molecular flexibility index (Phi) is 7.68. The van der Waals surface area contributed by atoms with Gasteiger partial charge in [-0.05, 0) is 42.0 Å². The number of benzene rings is 3. The van der Waals surface area contributed by atoms with Gasteiger partial charge in [-0.2, -0.15) is 5.10 Å². The van der Waals surface area contributed by atoms with Crippen molar-refractivity contribution < 1.29 is 22.7 Å². The average molecular weight is 468 g/mol. The summed E-state index contributed by atoms with van der Waals surface area (Å²) in [6.07, 6.45) is 2.62. The van der Waals surface area contributed by atoms with Crippen molar-refractivity contribution >= 4 is 27.8 Å². The predicted octanol–water partition coefficient (Wildman–Crippen LogP) is 3.43. The van der Waals surface area contributed by atoms with E-state index >= 15 is 0 Å². The highest BCUT2D eigenvalue weighted by atomic mass is 32.2. The summed E-state index contributed by atoms with van der Waals surface area (Å²) in [6.45, 7) is 0.194. The molecule has 0 aliphatic carbocycles. The Bertz CT molecular complexity index is 1230. The fourth-order valence-corrected chi connectivity index (χ4v) is 3.97. The molecular formula is C24H25N3O5S. The molecule has 0 spiro atoms. The number of ether oxygens (including phenoxy) is 2. The number of carbonyl (C=O) groups is 1. The van der Waals surface area contributed by atoms with E-state index in [4.69, 9.17) is 9.47 Å². The molecule has 8 nitrogen and oxygen atoms in total. The fourth-order valence-electron chi connectivity index (χ4n) is 3.08. The summed E-state index contributed by atoms with van der Waals surface area (Å²) in [5, 5.41) is 3.98. The summed E-state index contributed by atoms with van der Waals surface area (Å²) in [5.41, 5.74) is 4.78. The van der Waals surface area contributed by atoms with E-state index in [-0.39, 0.29) is 6.54 Å². The number of methoxy groups -OCH3 is 2. The van der Waals surface area contributed by atoms with Crippen molar-refractivity contribution in [1.29, 1.82) is 0 Å². The lowest BCUT2D eigenvalue weighted by molar-refractivity contribution is 0.0955. The molecule has 0 bridgehead atoms. The lowest BCUT2D eigenvalue weighted by Gasteiger charge is -2.22. The molecule has 0 fully saturated rings. The van der Waals surface area contributed by atoms with Gasteiger partial charge in [0.15, 0.2) is 0 Å². The maximum absolute atomic E-state index is 12.5. The molecule has 0 unspecified atom stereocenters. The molecule has 0 aromatic heterocycles. The Morgan fingerprint density at radius 2 is 1.70 bits per heavy atom. The number of sulfonamides is 1. The minimum Gasteiger partial charge on any atom is -0.497 e. The van der Waals surface area contributed by atoms with Crippen LogP contribution in [0.1, 0.15) is 21.5 Å². The van der Waals surface area contributed by atoms with Crippen molar-refractivity contribution in [1.82, 2.24) is 5.43 Å². The first-order chi connectivity index (χ1) is 15.8. The van der Waals surface area contributed by atoms with Crippen LogP contribution in [0.4, 0.5) is 5.69 Å². The molecule has 33 heavy (non-hydrogen) atoms. The zero-order valence-corrected chi connectivity index (χ0v) is 19.4. The van der Waals surface area contributed by atoms with Crippen LogP contribution < -0.4 is 19.2 Å². The highest BCUT2D eigenvalue weighted by molar-refractivity contribution is 7.92. The van der Waals surface area contributed by atoms with Gasteiger partial charge in [-0.3, -0.25) is 9.10 Å². The highest BCUT2D eigenvalue weighted by Crippen LogP contribution is 2.23. The predicted molar refractivity (Wildman–Crippen MR) is 129 cm³/mol. The number of hydrogen-bond acceptors (Lipinski definition) is 6. The van der Waals surface area contributed by atoms with Crippen LogP contribution in [0, 0.1) is 0 Å². The van der Waals surface area contributed by atoms with Crippen molar-refractivity contribution in [2.75, 3.05) is 24.8 Å². The van der Waals surface area contributed by atoms with Gasteiger partial charge in [0.25, 0.3) is 5.91 Å². The smallest absolute Gasteiger partial charge is 0.271 e. The third-order valence-electron chi connectivity index (χ3n) is 4.80. The van der Waals surface area contributed by atoms with Gasteiger partial charge in [0.2, 0.25) is 10.0 Å². The Morgan fingerprint density at radius 3 is 2.30 bits per heavy atom. The van der Waals surface area contributed by atoms with E-state index in [9.17, 15) is 13.2 Å². The maximum atomic E-state index is 12.5. The molecule has 0 atom stereocenters. The molecule has 3 aromatic carbocycles. The van der Waals surface area contributed by atoms with E-state index in [0.717, 1.165) is 11.8 Å². The molecule has 1 N–H and O–H groups in total. The second kappa shape index (κ2) is 10.6. The van der Waals surface area contributed by atoms with Gasteiger partial charge in [-0.15, -0.1) is 0 Å². The van der Waals surface area contributed by atoms with Crippen LogP contribution in [0.5, 0.6) is 11.5 Å². The molecule has 0 saturated heterocycles.